The third kappa shape index (κ3) is 2.25. The third-order valence-corrected chi connectivity index (χ3v) is 4.18. The van der Waals surface area contributed by atoms with Crippen LogP contribution in [0.1, 0.15) is 22.1 Å². The van der Waals surface area contributed by atoms with Crippen molar-refractivity contribution in [2.75, 3.05) is 4.90 Å². The summed E-state index contributed by atoms with van der Waals surface area (Å²) < 4.78 is 0. The molecular formula is C16H9Cl2N3O2. The van der Waals surface area contributed by atoms with Gasteiger partial charge in [0.1, 0.15) is 11.0 Å². The molecule has 3 heterocycles. The molecular weight excluding hydrogens is 337 g/mol. The van der Waals surface area contributed by atoms with E-state index < -0.39 is 6.23 Å². The summed E-state index contributed by atoms with van der Waals surface area (Å²) in [5, 5.41) is 12.0. The van der Waals surface area contributed by atoms with Crippen molar-refractivity contribution in [3.05, 3.63) is 63.8 Å². The molecule has 1 aliphatic heterocycles. The van der Waals surface area contributed by atoms with Crippen LogP contribution < -0.4 is 4.90 Å². The van der Waals surface area contributed by atoms with Gasteiger partial charge in [-0.1, -0.05) is 23.2 Å². The summed E-state index contributed by atoms with van der Waals surface area (Å²) in [5.41, 5.74) is 1.27. The molecule has 1 amide bonds. The Balaban J connectivity index is 1.84. The highest BCUT2D eigenvalue weighted by Crippen LogP contribution is 2.36. The molecule has 5 nitrogen and oxygen atoms in total. The van der Waals surface area contributed by atoms with E-state index in [1.54, 1.807) is 42.5 Å². The van der Waals surface area contributed by atoms with Gasteiger partial charge in [-0.05, 0) is 42.5 Å². The number of pyridine rings is 2. The lowest BCUT2D eigenvalue weighted by atomic mass is 10.1. The number of aliphatic hydroxyl groups is 1. The Hall–Kier alpha value is -2.21. The minimum atomic E-state index is -1.14. The number of fused-ring (bicyclic) bond motifs is 2. The first-order chi connectivity index (χ1) is 11.0. The average Bonchev–Trinajstić information content (AvgIpc) is 2.77. The lowest BCUT2D eigenvalue weighted by Gasteiger charge is -2.19. The van der Waals surface area contributed by atoms with Gasteiger partial charge in [0.05, 0.1) is 0 Å². The summed E-state index contributed by atoms with van der Waals surface area (Å²) >= 11 is 11.8. The summed E-state index contributed by atoms with van der Waals surface area (Å²) in [6, 6.07) is 11.7. The second kappa shape index (κ2) is 5.16. The van der Waals surface area contributed by atoms with Crippen LogP contribution >= 0.6 is 23.2 Å². The Bertz CT molecular complexity index is 961. The number of carbonyl (C=O) groups excluding carboxylic acids is 1. The van der Waals surface area contributed by atoms with Crippen molar-refractivity contribution in [3.8, 4) is 0 Å². The van der Waals surface area contributed by atoms with Gasteiger partial charge < -0.3 is 5.11 Å². The Morgan fingerprint density at radius 2 is 1.83 bits per heavy atom. The van der Waals surface area contributed by atoms with E-state index in [4.69, 9.17) is 23.2 Å². The fourth-order valence-corrected chi connectivity index (χ4v) is 2.97. The molecule has 7 heteroatoms. The first-order valence-electron chi connectivity index (χ1n) is 6.79. The van der Waals surface area contributed by atoms with Gasteiger partial charge in [-0.25, -0.2) is 9.97 Å². The molecule has 1 aliphatic rings. The van der Waals surface area contributed by atoms with Gasteiger partial charge in [-0.2, -0.15) is 0 Å². The molecule has 0 spiro atoms. The second-order valence-corrected chi connectivity index (χ2v) is 5.95. The molecule has 0 radical (unpaired) electrons. The first kappa shape index (κ1) is 14.4. The molecule has 1 aromatic carbocycles. The maximum absolute atomic E-state index is 12.6. The lowest BCUT2D eigenvalue weighted by molar-refractivity contribution is 0.0933. The van der Waals surface area contributed by atoms with Gasteiger partial charge in [-0.3, -0.25) is 9.69 Å². The van der Waals surface area contributed by atoms with Crippen molar-refractivity contribution in [2.45, 2.75) is 6.23 Å². The number of halogens is 2. The van der Waals surface area contributed by atoms with Crippen molar-refractivity contribution in [1.82, 2.24) is 9.97 Å². The highest BCUT2D eigenvalue weighted by atomic mass is 35.5. The minimum Gasteiger partial charge on any atom is -0.369 e. The molecule has 0 saturated heterocycles. The van der Waals surface area contributed by atoms with Crippen LogP contribution in [-0.2, 0) is 0 Å². The molecule has 23 heavy (non-hydrogen) atoms. The molecule has 0 saturated carbocycles. The zero-order valence-electron chi connectivity index (χ0n) is 11.6. The number of hydrogen-bond donors (Lipinski definition) is 1. The predicted molar refractivity (Wildman–Crippen MR) is 87.8 cm³/mol. The van der Waals surface area contributed by atoms with E-state index in [-0.39, 0.29) is 5.91 Å². The fraction of sp³-hybridized carbons (Fsp3) is 0.0625. The van der Waals surface area contributed by atoms with Crippen LogP contribution in [0.4, 0.5) is 5.82 Å². The van der Waals surface area contributed by atoms with Crippen molar-refractivity contribution in [2.24, 2.45) is 0 Å². The Morgan fingerprint density at radius 1 is 1.04 bits per heavy atom. The normalized spacial score (nSPS) is 16.9. The van der Waals surface area contributed by atoms with Gasteiger partial charge in [0.15, 0.2) is 11.9 Å². The molecule has 3 aromatic rings. The summed E-state index contributed by atoms with van der Waals surface area (Å²) in [4.78, 5) is 22.2. The van der Waals surface area contributed by atoms with Crippen LogP contribution in [0.3, 0.4) is 0 Å². The zero-order valence-corrected chi connectivity index (χ0v) is 13.1. The SMILES string of the molecule is O=C1c2ccc(Cl)cc2C(O)N1c1ccc2ccc(Cl)nc2n1. The maximum atomic E-state index is 12.6. The quantitative estimate of drug-likeness (QED) is 0.684. The van der Waals surface area contributed by atoms with E-state index in [1.807, 2.05) is 0 Å². The number of benzene rings is 1. The number of carbonyl (C=O) groups is 1. The van der Waals surface area contributed by atoms with Crippen LogP contribution in [0.5, 0.6) is 0 Å². The van der Waals surface area contributed by atoms with Gasteiger partial charge in [0, 0.05) is 21.5 Å². The number of anilines is 1. The van der Waals surface area contributed by atoms with Crippen molar-refractivity contribution in [3.63, 3.8) is 0 Å². The number of amides is 1. The average molecular weight is 346 g/mol. The maximum Gasteiger partial charge on any atom is 0.262 e. The van der Waals surface area contributed by atoms with E-state index in [2.05, 4.69) is 9.97 Å². The van der Waals surface area contributed by atoms with Crippen LogP contribution in [0, 0.1) is 0 Å². The first-order valence-corrected chi connectivity index (χ1v) is 7.54. The van der Waals surface area contributed by atoms with E-state index in [9.17, 15) is 9.90 Å². The molecule has 4 rings (SSSR count). The Kier molecular flexibility index (Phi) is 3.23. The van der Waals surface area contributed by atoms with Gasteiger partial charge in [-0.15, -0.1) is 0 Å². The molecule has 1 atom stereocenters. The molecule has 0 aliphatic carbocycles. The van der Waals surface area contributed by atoms with Crippen LogP contribution in [-0.4, -0.2) is 21.0 Å². The molecule has 1 N–H and O–H groups in total. The van der Waals surface area contributed by atoms with Crippen LogP contribution in [0.15, 0.2) is 42.5 Å². The second-order valence-electron chi connectivity index (χ2n) is 5.13. The number of rotatable bonds is 1. The zero-order chi connectivity index (χ0) is 16.1. The fourth-order valence-electron chi connectivity index (χ4n) is 2.65. The highest BCUT2D eigenvalue weighted by Gasteiger charge is 2.37. The van der Waals surface area contributed by atoms with Crippen molar-refractivity contribution < 1.29 is 9.90 Å². The standard InChI is InChI=1S/C16H9Cl2N3O2/c17-9-3-4-10-11(7-9)16(23)21(15(10)22)13-6-2-8-1-5-12(18)19-14(8)20-13/h1-7,16,23H. The molecule has 114 valence electrons. The van der Waals surface area contributed by atoms with Crippen molar-refractivity contribution in [1.29, 1.82) is 0 Å². The summed E-state index contributed by atoms with van der Waals surface area (Å²) in [7, 11) is 0. The summed E-state index contributed by atoms with van der Waals surface area (Å²) in [6.45, 7) is 0. The largest absolute Gasteiger partial charge is 0.369 e. The van der Waals surface area contributed by atoms with Gasteiger partial charge in [0.25, 0.3) is 5.91 Å². The summed E-state index contributed by atoms with van der Waals surface area (Å²) in [5.74, 6) is -0.0323. The number of nitrogens with zero attached hydrogens (tertiary/aromatic N) is 3. The smallest absolute Gasteiger partial charge is 0.262 e. The van der Waals surface area contributed by atoms with Crippen molar-refractivity contribution >= 4 is 46.0 Å². The monoisotopic (exact) mass is 345 g/mol. The Labute approximate surface area is 141 Å². The molecule has 0 bridgehead atoms. The number of aliphatic hydroxyl groups excluding tert-OH is 1. The Morgan fingerprint density at radius 3 is 2.65 bits per heavy atom. The van der Waals surface area contributed by atoms with Crippen LogP contribution in [0.25, 0.3) is 11.0 Å². The highest BCUT2D eigenvalue weighted by molar-refractivity contribution is 6.31. The van der Waals surface area contributed by atoms with E-state index in [0.717, 1.165) is 5.39 Å². The lowest BCUT2D eigenvalue weighted by Crippen LogP contribution is -2.28. The number of aromatic nitrogens is 2. The molecule has 2 aromatic heterocycles. The van der Waals surface area contributed by atoms with Gasteiger partial charge in [0.2, 0.25) is 0 Å². The van der Waals surface area contributed by atoms with Crippen LogP contribution in [0.2, 0.25) is 10.2 Å². The van der Waals surface area contributed by atoms with E-state index in [1.165, 1.54) is 4.90 Å². The third-order valence-electron chi connectivity index (χ3n) is 3.74. The van der Waals surface area contributed by atoms with E-state index >= 15 is 0 Å². The number of hydrogen-bond acceptors (Lipinski definition) is 4. The minimum absolute atomic E-state index is 0.303. The summed E-state index contributed by atoms with van der Waals surface area (Å²) in [6.07, 6.45) is -1.14. The molecule has 0 fully saturated rings. The van der Waals surface area contributed by atoms with Gasteiger partial charge >= 0.3 is 0 Å². The topological polar surface area (TPSA) is 66.3 Å². The predicted octanol–water partition coefficient (Wildman–Crippen LogP) is 3.59. The van der Waals surface area contributed by atoms with E-state index in [0.29, 0.717) is 32.8 Å². The molecule has 1 unspecified atom stereocenters.